The molecule has 2 unspecified atom stereocenters. The number of nitrogens with zero attached hydrogens (tertiary/aromatic N) is 4. The number of halogens is 1. The number of aryl methyl sites for hydroxylation is 2. The van der Waals surface area contributed by atoms with E-state index < -0.39 is 0 Å². The number of likely N-dealkylation sites (tertiary alicyclic amines) is 2. The van der Waals surface area contributed by atoms with Crippen LogP contribution in [0.25, 0.3) is 0 Å². The summed E-state index contributed by atoms with van der Waals surface area (Å²) >= 11 is 6.26. The van der Waals surface area contributed by atoms with E-state index in [0.717, 1.165) is 56.3 Å². The summed E-state index contributed by atoms with van der Waals surface area (Å²) in [6.07, 6.45) is 3.48. The molecule has 2 saturated heterocycles. The second-order valence-corrected chi connectivity index (χ2v) is 8.23. The molecule has 0 spiro atoms. The molecule has 2 aliphatic rings. The highest BCUT2D eigenvalue weighted by Crippen LogP contribution is 2.43. The van der Waals surface area contributed by atoms with E-state index in [4.69, 9.17) is 16.1 Å². The maximum atomic E-state index is 10.2. The molecule has 6 nitrogen and oxygen atoms in total. The van der Waals surface area contributed by atoms with Crippen molar-refractivity contribution in [1.29, 1.82) is 0 Å². The first-order valence-electron chi connectivity index (χ1n) is 9.06. The van der Waals surface area contributed by atoms with Gasteiger partial charge in [0.25, 0.3) is 0 Å². The summed E-state index contributed by atoms with van der Waals surface area (Å²) in [5.74, 6) is 1.36. The number of aromatic nitrogens is 2. The molecule has 140 valence electrons. The zero-order valence-electron chi connectivity index (χ0n) is 15.3. The van der Waals surface area contributed by atoms with Crippen LogP contribution in [-0.4, -0.2) is 57.8 Å². The Morgan fingerprint density at radius 1 is 1.27 bits per heavy atom. The van der Waals surface area contributed by atoms with Crippen molar-refractivity contribution in [2.45, 2.75) is 26.9 Å². The van der Waals surface area contributed by atoms with Crippen molar-refractivity contribution in [1.82, 2.24) is 19.9 Å². The Morgan fingerprint density at radius 3 is 2.58 bits per heavy atom. The minimum absolute atomic E-state index is 0.0571. The van der Waals surface area contributed by atoms with Gasteiger partial charge in [0.15, 0.2) is 0 Å². The predicted molar refractivity (Wildman–Crippen MR) is 98.8 cm³/mol. The minimum atomic E-state index is -0.0571. The van der Waals surface area contributed by atoms with E-state index in [1.54, 1.807) is 12.4 Å². The summed E-state index contributed by atoms with van der Waals surface area (Å²) in [6, 6.07) is 1.98. The first-order chi connectivity index (χ1) is 12.5. The van der Waals surface area contributed by atoms with Crippen LogP contribution < -0.4 is 0 Å². The molecule has 2 fully saturated rings. The summed E-state index contributed by atoms with van der Waals surface area (Å²) in [6.45, 7) is 9.60. The maximum absolute atomic E-state index is 10.2. The van der Waals surface area contributed by atoms with E-state index in [-0.39, 0.29) is 12.0 Å². The Hall–Kier alpha value is -1.47. The van der Waals surface area contributed by atoms with E-state index >= 15 is 0 Å². The van der Waals surface area contributed by atoms with Crippen LogP contribution in [0.3, 0.4) is 0 Å². The number of fused-ring (bicyclic) bond motifs is 1. The van der Waals surface area contributed by atoms with E-state index in [2.05, 4.69) is 19.9 Å². The summed E-state index contributed by atoms with van der Waals surface area (Å²) in [5, 5.41) is 15.0. The fraction of sp³-hybridized carbons (Fsp3) is 0.579. The third kappa shape index (κ3) is 3.16. The SMILES string of the molecule is Cc1noc(C)c1CN1CC2CN(Cc3ccncc3Cl)CC2(CO)C1. The minimum Gasteiger partial charge on any atom is -0.396 e. The molecule has 2 aromatic heterocycles. The van der Waals surface area contributed by atoms with Crippen molar-refractivity contribution in [3.05, 3.63) is 46.1 Å². The lowest BCUT2D eigenvalue weighted by Gasteiger charge is -2.27. The quantitative estimate of drug-likeness (QED) is 0.863. The molecular formula is C19H25ClN4O2. The highest BCUT2D eigenvalue weighted by molar-refractivity contribution is 6.31. The largest absolute Gasteiger partial charge is 0.396 e. The predicted octanol–water partition coefficient (Wildman–Crippen LogP) is 2.27. The lowest BCUT2D eigenvalue weighted by atomic mass is 9.82. The monoisotopic (exact) mass is 376 g/mol. The Morgan fingerprint density at radius 2 is 2.00 bits per heavy atom. The van der Waals surface area contributed by atoms with Crippen LogP contribution in [0.5, 0.6) is 0 Å². The normalized spacial score (nSPS) is 26.5. The number of pyridine rings is 1. The lowest BCUT2D eigenvalue weighted by molar-refractivity contribution is 0.110. The molecule has 0 radical (unpaired) electrons. The molecule has 0 aliphatic carbocycles. The number of aliphatic hydroxyl groups excluding tert-OH is 1. The van der Waals surface area contributed by atoms with Gasteiger partial charge in [0, 0.05) is 62.6 Å². The molecule has 2 aromatic rings. The van der Waals surface area contributed by atoms with Crippen LogP contribution in [0.15, 0.2) is 23.0 Å². The smallest absolute Gasteiger partial charge is 0.138 e. The molecule has 0 amide bonds. The molecule has 7 heteroatoms. The lowest BCUT2D eigenvalue weighted by Crippen LogP contribution is -2.37. The molecule has 2 atom stereocenters. The van der Waals surface area contributed by atoms with Gasteiger partial charge in [-0.15, -0.1) is 0 Å². The number of hydrogen-bond donors (Lipinski definition) is 1. The Labute approximate surface area is 158 Å². The second kappa shape index (κ2) is 6.93. The number of hydrogen-bond acceptors (Lipinski definition) is 6. The average Bonchev–Trinajstić information content (AvgIpc) is 3.23. The van der Waals surface area contributed by atoms with Crippen LogP contribution in [0.2, 0.25) is 5.02 Å². The zero-order chi connectivity index (χ0) is 18.3. The number of aliphatic hydroxyl groups is 1. The van der Waals surface area contributed by atoms with E-state index in [9.17, 15) is 5.11 Å². The van der Waals surface area contributed by atoms with Gasteiger partial charge in [-0.25, -0.2) is 0 Å². The van der Waals surface area contributed by atoms with Gasteiger partial charge >= 0.3 is 0 Å². The Bertz CT molecular complexity index is 776. The topological polar surface area (TPSA) is 65.6 Å². The van der Waals surface area contributed by atoms with Gasteiger partial charge in [0.1, 0.15) is 5.76 Å². The van der Waals surface area contributed by atoms with E-state index in [1.807, 2.05) is 19.9 Å². The maximum Gasteiger partial charge on any atom is 0.138 e. The molecule has 0 saturated carbocycles. The van der Waals surface area contributed by atoms with Crippen LogP contribution in [0.4, 0.5) is 0 Å². The highest BCUT2D eigenvalue weighted by Gasteiger charge is 2.51. The van der Waals surface area contributed by atoms with E-state index in [1.165, 1.54) is 5.56 Å². The van der Waals surface area contributed by atoms with Gasteiger partial charge in [-0.1, -0.05) is 16.8 Å². The molecule has 4 rings (SSSR count). The Kier molecular flexibility index (Phi) is 4.77. The van der Waals surface area contributed by atoms with Crippen molar-refractivity contribution in [3.8, 4) is 0 Å². The van der Waals surface area contributed by atoms with Gasteiger partial charge in [-0.05, 0) is 31.4 Å². The molecule has 0 aromatic carbocycles. The summed E-state index contributed by atoms with van der Waals surface area (Å²) in [5.41, 5.74) is 3.19. The summed E-state index contributed by atoms with van der Waals surface area (Å²) in [4.78, 5) is 8.90. The second-order valence-electron chi connectivity index (χ2n) is 7.83. The standard InChI is InChI=1S/C19H25ClN4O2/c1-13-17(14(2)26-22-13)9-24-8-16-7-23(10-19(16,11-24)12-25)6-15-3-4-21-5-18(15)20/h3-5,16,25H,6-12H2,1-2H3. The fourth-order valence-corrected chi connectivity index (χ4v) is 4.77. The van der Waals surface area contributed by atoms with Gasteiger partial charge in [-0.3, -0.25) is 14.8 Å². The molecule has 26 heavy (non-hydrogen) atoms. The summed E-state index contributed by atoms with van der Waals surface area (Å²) < 4.78 is 5.29. The third-order valence-electron chi connectivity index (χ3n) is 6.03. The zero-order valence-corrected chi connectivity index (χ0v) is 16.0. The van der Waals surface area contributed by atoms with Crippen LogP contribution in [0.1, 0.15) is 22.6 Å². The van der Waals surface area contributed by atoms with Crippen LogP contribution >= 0.6 is 11.6 Å². The van der Waals surface area contributed by atoms with Crippen molar-refractivity contribution in [3.63, 3.8) is 0 Å². The van der Waals surface area contributed by atoms with Gasteiger partial charge in [0.2, 0.25) is 0 Å². The highest BCUT2D eigenvalue weighted by atomic mass is 35.5. The molecular weight excluding hydrogens is 352 g/mol. The van der Waals surface area contributed by atoms with Crippen molar-refractivity contribution in [2.24, 2.45) is 11.3 Å². The average molecular weight is 377 g/mol. The first-order valence-corrected chi connectivity index (χ1v) is 9.44. The number of rotatable bonds is 5. The van der Waals surface area contributed by atoms with Gasteiger partial charge < -0.3 is 9.63 Å². The fourth-order valence-electron chi connectivity index (χ4n) is 4.59. The van der Waals surface area contributed by atoms with Gasteiger partial charge in [0.05, 0.1) is 17.3 Å². The van der Waals surface area contributed by atoms with Crippen molar-refractivity contribution in [2.75, 3.05) is 32.8 Å². The Balaban J connectivity index is 1.44. The summed E-state index contributed by atoms with van der Waals surface area (Å²) in [7, 11) is 0. The molecule has 0 bridgehead atoms. The molecule has 2 aliphatic heterocycles. The molecule has 1 N–H and O–H groups in total. The van der Waals surface area contributed by atoms with E-state index in [0.29, 0.717) is 10.9 Å². The first kappa shape index (κ1) is 17.9. The molecule has 4 heterocycles. The van der Waals surface area contributed by atoms with Crippen molar-refractivity contribution >= 4 is 11.6 Å². The van der Waals surface area contributed by atoms with Crippen molar-refractivity contribution < 1.29 is 9.63 Å². The van der Waals surface area contributed by atoms with Crippen LogP contribution in [0, 0.1) is 25.2 Å². The van der Waals surface area contributed by atoms with Crippen LogP contribution in [-0.2, 0) is 13.1 Å². The third-order valence-corrected chi connectivity index (χ3v) is 6.37. The van der Waals surface area contributed by atoms with Gasteiger partial charge in [-0.2, -0.15) is 0 Å².